The largest absolute Gasteiger partial charge is 0.454 e. The zero-order valence-electron chi connectivity index (χ0n) is 47.1. The van der Waals surface area contributed by atoms with Gasteiger partial charge in [-0.25, -0.2) is 0 Å². The minimum Gasteiger partial charge on any atom is -0.454 e. The Morgan fingerprint density at radius 1 is 0.547 bits per heavy atom. The van der Waals surface area contributed by atoms with Crippen LogP contribution in [0.5, 0.6) is 0 Å². The lowest BCUT2D eigenvalue weighted by atomic mass is 9.99. The van der Waals surface area contributed by atoms with E-state index in [1.165, 1.54) is 38.5 Å². The number of hydrogen-bond donors (Lipinski definition) is 6. The highest BCUT2D eigenvalue weighted by molar-refractivity contribution is 5.80. The first-order valence-corrected chi connectivity index (χ1v) is 29.7. The Hall–Kier alpha value is -3.68. The Bertz CT molecular complexity index is 1630. The molecule has 1 fully saturated rings. The molecule has 428 valence electrons. The van der Waals surface area contributed by atoms with Gasteiger partial charge in [-0.1, -0.05) is 233 Å². The molecule has 11 heteroatoms. The fourth-order valence-electron chi connectivity index (χ4n) is 8.56. The molecule has 0 aromatic heterocycles. The Labute approximate surface area is 456 Å². The first-order chi connectivity index (χ1) is 36.7. The Kier molecular flexibility index (Phi) is 47.2. The maximum Gasteiger partial charge on any atom is 0.306 e. The third kappa shape index (κ3) is 39.4. The van der Waals surface area contributed by atoms with Crippen LogP contribution in [0.15, 0.2) is 109 Å². The number of amides is 1. The van der Waals surface area contributed by atoms with Crippen LogP contribution in [0.3, 0.4) is 0 Å². The maximum atomic E-state index is 13.3. The van der Waals surface area contributed by atoms with Crippen molar-refractivity contribution in [2.75, 3.05) is 13.2 Å². The minimum absolute atomic E-state index is 0.102. The highest BCUT2D eigenvalue weighted by atomic mass is 16.7. The van der Waals surface area contributed by atoms with E-state index in [1.54, 1.807) is 6.08 Å². The summed E-state index contributed by atoms with van der Waals surface area (Å²) in [5.41, 5.74) is 0. The second-order valence-corrected chi connectivity index (χ2v) is 20.0. The normalized spacial score (nSPS) is 20.0. The van der Waals surface area contributed by atoms with Gasteiger partial charge in [0.15, 0.2) is 12.4 Å². The summed E-state index contributed by atoms with van der Waals surface area (Å²) in [4.78, 5) is 26.5. The molecule has 1 amide bonds. The first kappa shape index (κ1) is 69.3. The van der Waals surface area contributed by atoms with Crippen LogP contribution in [0, 0.1) is 0 Å². The molecule has 0 aromatic carbocycles. The molecular weight excluding hydrogens is 943 g/mol. The van der Waals surface area contributed by atoms with Crippen molar-refractivity contribution in [3.05, 3.63) is 109 Å². The van der Waals surface area contributed by atoms with Gasteiger partial charge in [-0.2, -0.15) is 0 Å². The second kappa shape index (κ2) is 51.1. The smallest absolute Gasteiger partial charge is 0.306 e. The average molecular weight is 1050 g/mol. The molecule has 1 rings (SSSR count). The van der Waals surface area contributed by atoms with Crippen molar-refractivity contribution in [1.82, 2.24) is 5.32 Å². The van der Waals surface area contributed by atoms with Crippen molar-refractivity contribution in [3.8, 4) is 0 Å². The first-order valence-electron chi connectivity index (χ1n) is 29.7. The van der Waals surface area contributed by atoms with Crippen molar-refractivity contribution in [2.24, 2.45) is 0 Å². The number of aliphatic hydroxyl groups excluding tert-OH is 5. The summed E-state index contributed by atoms with van der Waals surface area (Å²) in [5.74, 6) is -1.24. The van der Waals surface area contributed by atoms with E-state index in [4.69, 9.17) is 14.2 Å². The average Bonchev–Trinajstić information content (AvgIpc) is 3.41. The van der Waals surface area contributed by atoms with Crippen LogP contribution in [0.4, 0.5) is 0 Å². The lowest BCUT2D eigenvalue weighted by Gasteiger charge is -2.41. The summed E-state index contributed by atoms with van der Waals surface area (Å²) < 4.78 is 17.6. The van der Waals surface area contributed by atoms with E-state index < -0.39 is 67.4 Å². The third-order valence-corrected chi connectivity index (χ3v) is 13.2. The summed E-state index contributed by atoms with van der Waals surface area (Å²) in [7, 11) is 0. The van der Waals surface area contributed by atoms with E-state index in [2.05, 4.69) is 99.0 Å². The van der Waals surface area contributed by atoms with Gasteiger partial charge in [-0.15, -0.1) is 0 Å². The van der Waals surface area contributed by atoms with Crippen LogP contribution in [0.1, 0.15) is 220 Å². The molecule has 8 atom stereocenters. The Balaban J connectivity index is 2.66. The molecule has 8 unspecified atom stereocenters. The molecule has 11 nitrogen and oxygen atoms in total. The van der Waals surface area contributed by atoms with Gasteiger partial charge in [0.1, 0.15) is 24.4 Å². The number of unbranched alkanes of at least 4 members (excludes halogenated alkanes) is 20. The number of esters is 1. The zero-order valence-corrected chi connectivity index (χ0v) is 47.1. The molecule has 0 aliphatic carbocycles. The van der Waals surface area contributed by atoms with Crippen LogP contribution in [-0.4, -0.2) is 99.6 Å². The van der Waals surface area contributed by atoms with Crippen molar-refractivity contribution >= 4 is 11.9 Å². The van der Waals surface area contributed by atoms with Gasteiger partial charge in [0.05, 0.1) is 25.4 Å². The highest BCUT2D eigenvalue weighted by Crippen LogP contribution is 2.26. The number of carbonyl (C=O) groups is 2. The quantitative estimate of drug-likeness (QED) is 0.0149. The topological polar surface area (TPSA) is 175 Å². The standard InChI is InChI=1S/C64H107NO10/c1-4-7-10-13-16-19-22-24-25-26-27-28-29-30-31-32-33-34-37-40-43-46-49-52-59(69)75-62-61(71)60(70)58(53-66)74-64(62)73-54-55(56(67)50-47-44-41-38-35-21-18-15-12-9-6-3)65-63(72)57(68)51-48-45-42-39-36-23-20-17-14-11-8-5-2/h7-8,10-11,14,16-17,19-20,23-25,27-28,30-31,47,50,55-58,60-62,64,66-68,70-71H,4-6,9,12-13,15,18,21-22,26,29,32-46,48-49,51-54H2,1-3H3,(H,65,72)/b10-7-,11-8+,17-14+,19-16-,23-20-,25-24-,28-27-,31-30-,50-47+. The van der Waals surface area contributed by atoms with E-state index in [0.29, 0.717) is 12.8 Å². The van der Waals surface area contributed by atoms with Crippen LogP contribution in [0.25, 0.3) is 0 Å². The molecule has 0 spiro atoms. The van der Waals surface area contributed by atoms with Gasteiger partial charge < -0.3 is 45.1 Å². The Morgan fingerprint density at radius 3 is 1.59 bits per heavy atom. The highest BCUT2D eigenvalue weighted by Gasteiger charge is 2.47. The van der Waals surface area contributed by atoms with Gasteiger partial charge in [0, 0.05) is 6.42 Å². The van der Waals surface area contributed by atoms with E-state index in [0.717, 1.165) is 135 Å². The number of ether oxygens (including phenoxy) is 3. The van der Waals surface area contributed by atoms with Gasteiger partial charge in [-0.3, -0.25) is 9.59 Å². The van der Waals surface area contributed by atoms with E-state index in [-0.39, 0.29) is 19.4 Å². The Morgan fingerprint density at radius 2 is 1.03 bits per heavy atom. The summed E-state index contributed by atoms with van der Waals surface area (Å²) in [6.45, 7) is 5.49. The van der Waals surface area contributed by atoms with Gasteiger partial charge in [0.25, 0.3) is 0 Å². The summed E-state index contributed by atoms with van der Waals surface area (Å²) >= 11 is 0. The molecule has 1 heterocycles. The summed E-state index contributed by atoms with van der Waals surface area (Å²) in [5, 5.41) is 56.8. The molecule has 0 saturated carbocycles. The monoisotopic (exact) mass is 1050 g/mol. The van der Waals surface area contributed by atoms with E-state index in [9.17, 15) is 35.1 Å². The molecule has 75 heavy (non-hydrogen) atoms. The van der Waals surface area contributed by atoms with E-state index >= 15 is 0 Å². The fourth-order valence-corrected chi connectivity index (χ4v) is 8.56. The predicted molar refractivity (Wildman–Crippen MR) is 310 cm³/mol. The molecule has 1 aliphatic heterocycles. The minimum atomic E-state index is -1.63. The molecule has 0 bridgehead atoms. The van der Waals surface area contributed by atoms with Gasteiger partial charge in [-0.05, 0) is 89.9 Å². The van der Waals surface area contributed by atoms with Crippen LogP contribution >= 0.6 is 0 Å². The number of nitrogens with one attached hydrogen (secondary N) is 1. The van der Waals surface area contributed by atoms with Crippen molar-refractivity contribution in [1.29, 1.82) is 0 Å². The molecule has 6 N–H and O–H groups in total. The van der Waals surface area contributed by atoms with Gasteiger partial charge >= 0.3 is 5.97 Å². The maximum absolute atomic E-state index is 13.3. The summed E-state index contributed by atoms with van der Waals surface area (Å²) in [6.07, 6.45) is 58.5. The number of carbonyl (C=O) groups excluding carboxylic acids is 2. The van der Waals surface area contributed by atoms with Crippen molar-refractivity contribution in [3.63, 3.8) is 0 Å². The number of rotatable bonds is 48. The van der Waals surface area contributed by atoms with Gasteiger partial charge in [0.2, 0.25) is 5.91 Å². The number of allylic oxidation sites excluding steroid dienone is 17. The second-order valence-electron chi connectivity index (χ2n) is 20.0. The number of aliphatic hydroxyl groups is 5. The fraction of sp³-hybridized carbons (Fsp3) is 0.688. The van der Waals surface area contributed by atoms with Crippen molar-refractivity contribution in [2.45, 2.75) is 269 Å². The lowest BCUT2D eigenvalue weighted by molar-refractivity contribution is -0.305. The third-order valence-electron chi connectivity index (χ3n) is 13.2. The summed E-state index contributed by atoms with van der Waals surface area (Å²) in [6, 6.07) is -1.04. The molecule has 0 radical (unpaired) electrons. The molecular formula is C64H107NO10. The number of hydrogen-bond acceptors (Lipinski definition) is 10. The van der Waals surface area contributed by atoms with Crippen LogP contribution < -0.4 is 5.32 Å². The lowest BCUT2D eigenvalue weighted by Crippen LogP contribution is -2.61. The molecule has 0 aromatic rings. The van der Waals surface area contributed by atoms with Crippen LogP contribution in [0.2, 0.25) is 0 Å². The van der Waals surface area contributed by atoms with Crippen molar-refractivity contribution < 1.29 is 49.3 Å². The molecule has 1 saturated heterocycles. The van der Waals surface area contributed by atoms with Crippen LogP contribution in [-0.2, 0) is 23.8 Å². The molecule has 1 aliphatic rings. The predicted octanol–water partition coefficient (Wildman–Crippen LogP) is 13.7. The SMILES string of the molecule is CC/C=C\C/C=C\C/C=C\C/C=C\C/C=C\CCCCCCCCCC(=O)OC1C(OCC(NC(=O)C(O)CCCCCC\C=C/C=C/C=C/CC)C(O)/C=C/CCCCCCCCCCC)OC(CO)C(O)C1O. The zero-order chi connectivity index (χ0) is 54.7. The van der Waals surface area contributed by atoms with E-state index in [1.807, 2.05) is 30.4 Å².